The molecule has 0 aromatic heterocycles. The highest BCUT2D eigenvalue weighted by atomic mass is 32.1. The Morgan fingerprint density at radius 1 is 1.12 bits per heavy atom. The highest BCUT2D eigenvalue weighted by Gasteiger charge is 2.28. The Labute approximate surface area is 105 Å². The Morgan fingerprint density at radius 3 is 2.69 bits per heavy atom. The summed E-state index contributed by atoms with van der Waals surface area (Å²) in [4.78, 5) is 5.22. The molecular weight excluding hydrogens is 220 g/mol. The first kappa shape index (κ1) is 12.7. The summed E-state index contributed by atoms with van der Waals surface area (Å²) in [5, 5.41) is 0. The molecule has 0 radical (unpaired) electrons. The van der Waals surface area contributed by atoms with Crippen molar-refractivity contribution in [3.63, 3.8) is 0 Å². The normalized spacial score (nSPS) is 27.9. The van der Waals surface area contributed by atoms with Gasteiger partial charge in [0.2, 0.25) is 0 Å². The maximum atomic E-state index is 5.47. The zero-order valence-corrected chi connectivity index (χ0v) is 11.0. The van der Waals surface area contributed by atoms with Crippen molar-refractivity contribution < 1.29 is 4.74 Å². The third kappa shape index (κ3) is 3.62. The third-order valence-electron chi connectivity index (χ3n) is 3.69. The van der Waals surface area contributed by atoms with Gasteiger partial charge < -0.3 is 4.74 Å². The zero-order valence-electron chi connectivity index (χ0n) is 10.1. The zero-order chi connectivity index (χ0) is 11.2. The molecule has 2 fully saturated rings. The lowest BCUT2D eigenvalue weighted by molar-refractivity contribution is 0.120. The summed E-state index contributed by atoms with van der Waals surface area (Å²) in [5.74, 6) is 0.830. The van der Waals surface area contributed by atoms with Gasteiger partial charge in [0.25, 0.3) is 0 Å². The van der Waals surface area contributed by atoms with Crippen LogP contribution in [0, 0.1) is 0 Å². The monoisotopic (exact) mass is 244 g/mol. The topological polar surface area (TPSA) is 15.7 Å². The van der Waals surface area contributed by atoms with Crippen LogP contribution in [0.3, 0.4) is 0 Å². The van der Waals surface area contributed by atoms with Crippen molar-refractivity contribution in [2.24, 2.45) is 0 Å². The van der Waals surface area contributed by atoms with Gasteiger partial charge in [-0.3, -0.25) is 9.80 Å². The second-order valence-corrected chi connectivity index (χ2v) is 5.27. The lowest BCUT2D eigenvalue weighted by atomic mass is 10.2. The molecule has 0 aromatic carbocycles. The Hall–Kier alpha value is 0.230. The number of hydrogen-bond acceptors (Lipinski definition) is 4. The van der Waals surface area contributed by atoms with E-state index in [9.17, 15) is 0 Å². The molecule has 0 amide bonds. The van der Waals surface area contributed by atoms with E-state index >= 15 is 0 Å². The largest absolute Gasteiger partial charge is 0.379 e. The lowest BCUT2D eigenvalue weighted by Gasteiger charge is -2.23. The third-order valence-corrected chi connectivity index (χ3v) is 3.87. The van der Waals surface area contributed by atoms with Crippen LogP contribution in [0.15, 0.2) is 0 Å². The quantitative estimate of drug-likeness (QED) is 0.557. The molecule has 2 aliphatic rings. The average molecular weight is 244 g/mol. The Morgan fingerprint density at radius 2 is 1.94 bits per heavy atom. The first-order chi connectivity index (χ1) is 7.90. The Bertz CT molecular complexity index is 197. The maximum absolute atomic E-state index is 5.47. The summed E-state index contributed by atoms with van der Waals surface area (Å²) in [7, 11) is 0. The fraction of sp³-hybridized carbons (Fsp3) is 1.00. The van der Waals surface area contributed by atoms with E-state index in [1.54, 1.807) is 0 Å². The van der Waals surface area contributed by atoms with Gasteiger partial charge in [0.15, 0.2) is 0 Å². The predicted octanol–water partition coefficient (Wildman–Crippen LogP) is 1.10. The van der Waals surface area contributed by atoms with Crippen LogP contribution in [0.1, 0.15) is 19.3 Å². The molecule has 0 N–H and O–H groups in total. The molecule has 1 unspecified atom stereocenters. The Kier molecular flexibility index (Phi) is 5.42. The van der Waals surface area contributed by atoms with Crippen LogP contribution in [-0.4, -0.2) is 67.5 Å². The van der Waals surface area contributed by atoms with Crippen molar-refractivity contribution in [3.8, 4) is 0 Å². The summed E-state index contributed by atoms with van der Waals surface area (Å²) in [5.41, 5.74) is 0. The van der Waals surface area contributed by atoms with E-state index in [-0.39, 0.29) is 0 Å². The molecular formula is C12H24N2OS. The van der Waals surface area contributed by atoms with Crippen LogP contribution in [0.4, 0.5) is 0 Å². The average Bonchev–Trinajstić information content (AvgIpc) is 2.94. The van der Waals surface area contributed by atoms with E-state index in [1.165, 1.54) is 45.4 Å². The minimum Gasteiger partial charge on any atom is -0.379 e. The maximum Gasteiger partial charge on any atom is 0.0593 e. The molecule has 2 saturated heterocycles. The number of hydrogen-bond donors (Lipinski definition) is 1. The SMILES string of the molecule is SCCOCCN1CCC(N2CCCC2)C1. The van der Waals surface area contributed by atoms with Crippen LogP contribution in [0.2, 0.25) is 0 Å². The van der Waals surface area contributed by atoms with E-state index in [4.69, 9.17) is 4.74 Å². The smallest absolute Gasteiger partial charge is 0.0593 e. The molecule has 4 heteroatoms. The van der Waals surface area contributed by atoms with Crippen molar-refractivity contribution in [1.82, 2.24) is 9.80 Å². The van der Waals surface area contributed by atoms with Gasteiger partial charge >= 0.3 is 0 Å². The second kappa shape index (κ2) is 6.84. The molecule has 2 heterocycles. The molecule has 0 aliphatic carbocycles. The summed E-state index contributed by atoms with van der Waals surface area (Å²) >= 11 is 4.13. The molecule has 2 aliphatic heterocycles. The first-order valence-electron chi connectivity index (χ1n) is 6.55. The van der Waals surface area contributed by atoms with Crippen LogP contribution in [0.25, 0.3) is 0 Å². The van der Waals surface area contributed by atoms with Gasteiger partial charge in [0, 0.05) is 24.9 Å². The van der Waals surface area contributed by atoms with E-state index < -0.39 is 0 Å². The number of ether oxygens (including phenoxy) is 1. The van der Waals surface area contributed by atoms with Crippen molar-refractivity contribution >= 4 is 12.6 Å². The van der Waals surface area contributed by atoms with Crippen LogP contribution >= 0.6 is 12.6 Å². The molecule has 0 saturated carbocycles. The first-order valence-corrected chi connectivity index (χ1v) is 7.18. The predicted molar refractivity (Wildman–Crippen MR) is 70.3 cm³/mol. The van der Waals surface area contributed by atoms with Crippen molar-refractivity contribution in [1.29, 1.82) is 0 Å². The molecule has 0 spiro atoms. The van der Waals surface area contributed by atoms with Crippen LogP contribution < -0.4 is 0 Å². The summed E-state index contributed by atoms with van der Waals surface area (Å²) < 4.78 is 5.47. The molecule has 3 nitrogen and oxygen atoms in total. The number of thiol groups is 1. The van der Waals surface area contributed by atoms with Crippen molar-refractivity contribution in [3.05, 3.63) is 0 Å². The lowest BCUT2D eigenvalue weighted by Crippen LogP contribution is -2.36. The van der Waals surface area contributed by atoms with Gasteiger partial charge in [-0.15, -0.1) is 0 Å². The van der Waals surface area contributed by atoms with Crippen LogP contribution in [-0.2, 0) is 4.74 Å². The fourth-order valence-electron chi connectivity index (χ4n) is 2.78. The minimum atomic E-state index is 0.784. The highest BCUT2D eigenvalue weighted by molar-refractivity contribution is 7.80. The highest BCUT2D eigenvalue weighted by Crippen LogP contribution is 2.19. The van der Waals surface area contributed by atoms with E-state index in [2.05, 4.69) is 22.4 Å². The number of nitrogens with zero attached hydrogens (tertiary/aromatic N) is 2. The van der Waals surface area contributed by atoms with Gasteiger partial charge in [-0.2, -0.15) is 12.6 Å². The van der Waals surface area contributed by atoms with E-state index in [0.717, 1.165) is 31.6 Å². The molecule has 0 bridgehead atoms. The molecule has 0 aromatic rings. The van der Waals surface area contributed by atoms with Crippen molar-refractivity contribution in [2.45, 2.75) is 25.3 Å². The van der Waals surface area contributed by atoms with E-state index in [0.29, 0.717) is 0 Å². The summed E-state index contributed by atoms with van der Waals surface area (Å²) in [6.07, 6.45) is 4.16. The van der Waals surface area contributed by atoms with E-state index in [1.807, 2.05) is 0 Å². The fourth-order valence-corrected chi connectivity index (χ4v) is 2.91. The van der Waals surface area contributed by atoms with Gasteiger partial charge in [-0.25, -0.2) is 0 Å². The molecule has 2 rings (SSSR count). The summed E-state index contributed by atoms with van der Waals surface area (Å²) in [6.45, 7) is 7.91. The van der Waals surface area contributed by atoms with Gasteiger partial charge in [0.1, 0.15) is 0 Å². The minimum absolute atomic E-state index is 0.784. The second-order valence-electron chi connectivity index (χ2n) is 4.82. The van der Waals surface area contributed by atoms with Crippen LogP contribution in [0.5, 0.6) is 0 Å². The molecule has 16 heavy (non-hydrogen) atoms. The van der Waals surface area contributed by atoms with Crippen molar-refractivity contribution in [2.75, 3.05) is 51.7 Å². The Balaban J connectivity index is 1.59. The number of rotatable bonds is 6. The number of likely N-dealkylation sites (tertiary alicyclic amines) is 2. The van der Waals surface area contributed by atoms with Gasteiger partial charge in [0.05, 0.1) is 13.2 Å². The van der Waals surface area contributed by atoms with Gasteiger partial charge in [-0.05, 0) is 38.9 Å². The standard InChI is InChI=1S/C12H24N2OS/c16-10-9-15-8-7-13-6-3-12(11-13)14-4-1-2-5-14/h12,16H,1-11H2. The summed E-state index contributed by atoms with van der Waals surface area (Å²) in [6, 6.07) is 0.826. The molecule has 94 valence electrons. The van der Waals surface area contributed by atoms with Gasteiger partial charge in [-0.1, -0.05) is 0 Å². The molecule has 1 atom stereocenters.